The third kappa shape index (κ3) is 1.94. The van der Waals surface area contributed by atoms with Gasteiger partial charge in [-0.3, -0.25) is 0 Å². The molecule has 0 aliphatic carbocycles. The fraction of sp³-hybridized carbons (Fsp3) is 0.636. The Morgan fingerprint density at radius 3 is 3.08 bits per heavy atom. The molecule has 13 heavy (non-hydrogen) atoms. The highest BCUT2D eigenvalue weighted by Gasteiger charge is 2.14. The van der Waals surface area contributed by atoms with E-state index in [0.717, 1.165) is 0 Å². The molecule has 0 radical (unpaired) electrons. The molecule has 0 bridgehead atoms. The second kappa shape index (κ2) is 3.97. The van der Waals surface area contributed by atoms with Crippen molar-refractivity contribution in [2.75, 3.05) is 6.54 Å². The molecule has 1 saturated heterocycles. The van der Waals surface area contributed by atoms with Crippen molar-refractivity contribution in [1.82, 2.24) is 9.88 Å². The fourth-order valence-corrected chi connectivity index (χ4v) is 2.12. The molecule has 1 aromatic rings. The van der Waals surface area contributed by atoms with Crippen molar-refractivity contribution in [3.8, 4) is 0 Å². The molecule has 0 aromatic carbocycles. The summed E-state index contributed by atoms with van der Waals surface area (Å²) in [7, 11) is 2.13. The summed E-state index contributed by atoms with van der Waals surface area (Å²) in [4.78, 5) is 0. The van der Waals surface area contributed by atoms with Crippen molar-refractivity contribution in [3.05, 3.63) is 24.0 Å². The third-order valence-electron chi connectivity index (χ3n) is 2.90. The highest BCUT2D eigenvalue weighted by molar-refractivity contribution is 5.11. The van der Waals surface area contributed by atoms with E-state index in [9.17, 15) is 0 Å². The zero-order valence-electron chi connectivity index (χ0n) is 8.29. The Morgan fingerprint density at radius 2 is 2.31 bits per heavy atom. The molecule has 72 valence electrons. The van der Waals surface area contributed by atoms with E-state index >= 15 is 0 Å². The van der Waals surface area contributed by atoms with Crippen LogP contribution < -0.4 is 5.32 Å². The van der Waals surface area contributed by atoms with Gasteiger partial charge in [0.15, 0.2) is 0 Å². The van der Waals surface area contributed by atoms with E-state index in [-0.39, 0.29) is 0 Å². The predicted molar refractivity (Wildman–Crippen MR) is 54.6 cm³/mol. The molecular formula is C11H18N2. The summed E-state index contributed by atoms with van der Waals surface area (Å²) in [6.07, 6.45) is 7.50. The average Bonchev–Trinajstić information content (AvgIpc) is 2.43. The van der Waals surface area contributed by atoms with Crippen LogP contribution in [0.15, 0.2) is 18.3 Å². The fourth-order valence-electron chi connectivity index (χ4n) is 2.12. The quantitative estimate of drug-likeness (QED) is 0.697. The van der Waals surface area contributed by atoms with Gasteiger partial charge in [0.25, 0.3) is 0 Å². The Labute approximate surface area is 79.9 Å². The SMILES string of the molecule is Cn1cccc1[C@@H]1CCCCCN1. The van der Waals surface area contributed by atoms with Gasteiger partial charge in [0, 0.05) is 25.0 Å². The summed E-state index contributed by atoms with van der Waals surface area (Å²) in [6.45, 7) is 1.18. The summed E-state index contributed by atoms with van der Waals surface area (Å²) in [5.74, 6) is 0. The van der Waals surface area contributed by atoms with Gasteiger partial charge < -0.3 is 9.88 Å². The van der Waals surface area contributed by atoms with Crippen LogP contribution in [-0.4, -0.2) is 11.1 Å². The number of hydrogen-bond donors (Lipinski definition) is 1. The van der Waals surface area contributed by atoms with E-state index in [1.165, 1.54) is 37.9 Å². The molecule has 1 aliphatic rings. The van der Waals surface area contributed by atoms with E-state index in [1.54, 1.807) is 0 Å². The number of hydrogen-bond acceptors (Lipinski definition) is 1. The normalized spacial score (nSPS) is 24.2. The summed E-state index contributed by atoms with van der Waals surface area (Å²) in [6, 6.07) is 4.94. The highest BCUT2D eigenvalue weighted by Crippen LogP contribution is 2.22. The predicted octanol–water partition coefficient (Wildman–Crippen LogP) is 2.23. The smallest absolute Gasteiger partial charge is 0.0474 e. The number of nitrogens with zero attached hydrogens (tertiary/aromatic N) is 1. The van der Waals surface area contributed by atoms with Gasteiger partial charge in [0.05, 0.1) is 0 Å². The van der Waals surface area contributed by atoms with Crippen LogP contribution in [0.3, 0.4) is 0 Å². The van der Waals surface area contributed by atoms with Crippen LogP contribution >= 0.6 is 0 Å². The Morgan fingerprint density at radius 1 is 1.38 bits per heavy atom. The summed E-state index contributed by atoms with van der Waals surface area (Å²) in [5.41, 5.74) is 1.43. The lowest BCUT2D eigenvalue weighted by Gasteiger charge is -2.16. The Hall–Kier alpha value is -0.760. The van der Waals surface area contributed by atoms with Gasteiger partial charge in [-0.25, -0.2) is 0 Å². The number of nitrogens with one attached hydrogen (secondary N) is 1. The van der Waals surface area contributed by atoms with Gasteiger partial charge in [-0.05, 0) is 31.5 Å². The van der Waals surface area contributed by atoms with Crippen molar-refractivity contribution >= 4 is 0 Å². The van der Waals surface area contributed by atoms with Gasteiger partial charge in [0.2, 0.25) is 0 Å². The van der Waals surface area contributed by atoms with Crippen molar-refractivity contribution < 1.29 is 0 Å². The van der Waals surface area contributed by atoms with E-state index < -0.39 is 0 Å². The summed E-state index contributed by atoms with van der Waals surface area (Å²) >= 11 is 0. The minimum absolute atomic E-state index is 0.586. The Kier molecular flexibility index (Phi) is 2.69. The molecule has 0 saturated carbocycles. The van der Waals surface area contributed by atoms with Crippen LogP contribution in [0.1, 0.15) is 37.4 Å². The number of aromatic nitrogens is 1. The van der Waals surface area contributed by atoms with Crippen molar-refractivity contribution in [3.63, 3.8) is 0 Å². The summed E-state index contributed by atoms with van der Waals surface area (Å²) < 4.78 is 2.23. The zero-order valence-corrected chi connectivity index (χ0v) is 8.29. The zero-order chi connectivity index (χ0) is 9.10. The second-order valence-electron chi connectivity index (χ2n) is 3.90. The van der Waals surface area contributed by atoms with E-state index in [0.29, 0.717) is 6.04 Å². The van der Waals surface area contributed by atoms with Crippen LogP contribution in [0.25, 0.3) is 0 Å². The molecule has 1 aromatic heterocycles. The van der Waals surface area contributed by atoms with E-state index in [4.69, 9.17) is 0 Å². The number of aryl methyl sites for hydroxylation is 1. The molecule has 1 N–H and O–H groups in total. The van der Waals surface area contributed by atoms with Gasteiger partial charge in [-0.2, -0.15) is 0 Å². The average molecular weight is 178 g/mol. The monoisotopic (exact) mass is 178 g/mol. The Bertz CT molecular complexity index is 257. The first-order valence-electron chi connectivity index (χ1n) is 5.22. The van der Waals surface area contributed by atoms with Gasteiger partial charge in [-0.1, -0.05) is 12.8 Å². The number of rotatable bonds is 1. The lowest BCUT2D eigenvalue weighted by Crippen LogP contribution is -2.22. The maximum Gasteiger partial charge on any atom is 0.0474 e. The van der Waals surface area contributed by atoms with Gasteiger partial charge >= 0.3 is 0 Å². The topological polar surface area (TPSA) is 17.0 Å². The lowest BCUT2D eigenvalue weighted by molar-refractivity contribution is 0.507. The van der Waals surface area contributed by atoms with Gasteiger partial charge in [-0.15, -0.1) is 0 Å². The molecule has 2 heterocycles. The van der Waals surface area contributed by atoms with E-state index in [1.807, 2.05) is 0 Å². The standard InChI is InChI=1S/C11H18N2/c1-13-9-5-7-11(13)10-6-3-2-4-8-12-10/h5,7,9-10,12H,2-4,6,8H2,1H3/t10-/m0/s1. The van der Waals surface area contributed by atoms with Crippen molar-refractivity contribution in [2.24, 2.45) is 7.05 Å². The highest BCUT2D eigenvalue weighted by atomic mass is 15.0. The first-order valence-corrected chi connectivity index (χ1v) is 5.22. The first-order chi connectivity index (χ1) is 6.38. The molecule has 0 unspecified atom stereocenters. The molecule has 2 heteroatoms. The maximum absolute atomic E-state index is 3.60. The summed E-state index contributed by atoms with van der Waals surface area (Å²) in [5, 5.41) is 3.60. The molecule has 1 fully saturated rings. The maximum atomic E-state index is 3.60. The van der Waals surface area contributed by atoms with Crippen LogP contribution in [0.2, 0.25) is 0 Å². The molecule has 1 atom stereocenters. The minimum atomic E-state index is 0.586. The molecule has 1 aliphatic heterocycles. The lowest BCUT2D eigenvalue weighted by atomic mass is 10.1. The van der Waals surface area contributed by atoms with Crippen LogP contribution in [0.5, 0.6) is 0 Å². The molecular weight excluding hydrogens is 160 g/mol. The second-order valence-corrected chi connectivity index (χ2v) is 3.90. The molecule has 0 amide bonds. The first kappa shape index (κ1) is 8.82. The molecule has 2 nitrogen and oxygen atoms in total. The third-order valence-corrected chi connectivity index (χ3v) is 2.90. The Balaban J connectivity index is 2.10. The van der Waals surface area contributed by atoms with Crippen LogP contribution in [0.4, 0.5) is 0 Å². The molecule has 0 spiro atoms. The van der Waals surface area contributed by atoms with Crippen molar-refractivity contribution in [2.45, 2.75) is 31.7 Å². The minimum Gasteiger partial charge on any atom is -0.353 e. The van der Waals surface area contributed by atoms with Crippen LogP contribution in [-0.2, 0) is 7.05 Å². The van der Waals surface area contributed by atoms with E-state index in [2.05, 4.69) is 35.3 Å². The largest absolute Gasteiger partial charge is 0.353 e. The van der Waals surface area contributed by atoms with Crippen molar-refractivity contribution in [1.29, 1.82) is 0 Å². The van der Waals surface area contributed by atoms with Crippen LogP contribution in [0, 0.1) is 0 Å². The van der Waals surface area contributed by atoms with Gasteiger partial charge in [0.1, 0.15) is 0 Å². The molecule has 2 rings (SSSR count).